The maximum absolute atomic E-state index is 12.4. The van der Waals surface area contributed by atoms with E-state index in [-0.39, 0.29) is 24.3 Å². The summed E-state index contributed by atoms with van der Waals surface area (Å²) in [5, 5.41) is 2.86. The molecule has 0 saturated heterocycles. The fourth-order valence-electron chi connectivity index (χ4n) is 2.59. The normalized spacial score (nSPS) is 11.5. The van der Waals surface area contributed by atoms with E-state index < -0.39 is 0 Å². The van der Waals surface area contributed by atoms with Crippen molar-refractivity contribution in [1.82, 2.24) is 10.2 Å². The van der Waals surface area contributed by atoms with E-state index >= 15 is 0 Å². The lowest BCUT2D eigenvalue weighted by Crippen LogP contribution is -2.37. The van der Waals surface area contributed by atoms with Gasteiger partial charge in [0.2, 0.25) is 5.91 Å². The summed E-state index contributed by atoms with van der Waals surface area (Å²) in [5.41, 5.74) is 1.62. The van der Waals surface area contributed by atoms with Crippen LogP contribution in [0.3, 0.4) is 0 Å². The molecular formula is C21H26N2O3. The van der Waals surface area contributed by atoms with Crippen molar-refractivity contribution in [2.75, 3.05) is 13.7 Å². The minimum atomic E-state index is -0.238. The molecule has 2 rings (SSSR count). The van der Waals surface area contributed by atoms with Crippen LogP contribution in [0, 0.1) is 0 Å². The average Bonchev–Trinajstić information content (AvgIpc) is 2.64. The zero-order chi connectivity index (χ0) is 18.9. The van der Waals surface area contributed by atoms with Crippen LogP contribution in [-0.4, -0.2) is 36.4 Å². The zero-order valence-corrected chi connectivity index (χ0v) is 15.6. The first kappa shape index (κ1) is 19.5. The Morgan fingerprint density at radius 3 is 2.35 bits per heavy atom. The van der Waals surface area contributed by atoms with Crippen LogP contribution in [0.1, 0.15) is 36.2 Å². The molecule has 0 saturated carbocycles. The fraction of sp³-hybridized carbons (Fsp3) is 0.333. The summed E-state index contributed by atoms with van der Waals surface area (Å²) in [6.07, 6.45) is 0.256. The van der Waals surface area contributed by atoms with E-state index in [1.54, 1.807) is 24.1 Å². The van der Waals surface area contributed by atoms with E-state index in [1.807, 2.05) is 56.3 Å². The molecule has 0 spiro atoms. The molecule has 1 N–H and O–H groups in total. The second-order valence-electron chi connectivity index (χ2n) is 6.27. The van der Waals surface area contributed by atoms with Crippen molar-refractivity contribution in [3.05, 3.63) is 65.7 Å². The standard InChI is InChI=1S/C21H26N2O3/c1-4-26-19-12-10-17(11-13-19)15-23(3)20(24)14-16(2)22-21(25)18-8-6-5-7-9-18/h5-13,16H,4,14-15H2,1-3H3,(H,22,25). The molecule has 5 heteroatoms. The first-order valence-electron chi connectivity index (χ1n) is 8.81. The maximum Gasteiger partial charge on any atom is 0.251 e. The molecule has 0 radical (unpaired) electrons. The molecule has 26 heavy (non-hydrogen) atoms. The van der Waals surface area contributed by atoms with Crippen molar-refractivity contribution in [1.29, 1.82) is 0 Å². The van der Waals surface area contributed by atoms with E-state index in [4.69, 9.17) is 4.74 Å². The van der Waals surface area contributed by atoms with Crippen LogP contribution in [0.5, 0.6) is 5.75 Å². The third-order valence-electron chi connectivity index (χ3n) is 3.97. The lowest BCUT2D eigenvalue weighted by Gasteiger charge is -2.20. The van der Waals surface area contributed by atoms with Crippen LogP contribution >= 0.6 is 0 Å². The van der Waals surface area contributed by atoms with Crippen molar-refractivity contribution in [2.45, 2.75) is 32.9 Å². The predicted octanol–water partition coefficient (Wildman–Crippen LogP) is 3.25. The molecule has 138 valence electrons. The second-order valence-corrected chi connectivity index (χ2v) is 6.27. The highest BCUT2D eigenvalue weighted by atomic mass is 16.5. The van der Waals surface area contributed by atoms with Crippen LogP contribution in [0.2, 0.25) is 0 Å². The molecule has 2 aromatic rings. The van der Waals surface area contributed by atoms with Gasteiger partial charge in [-0.2, -0.15) is 0 Å². The summed E-state index contributed by atoms with van der Waals surface area (Å²) in [7, 11) is 1.77. The Bertz CT molecular complexity index is 714. The summed E-state index contributed by atoms with van der Waals surface area (Å²) in [4.78, 5) is 26.2. The zero-order valence-electron chi connectivity index (χ0n) is 15.6. The van der Waals surface area contributed by atoms with Gasteiger partial charge in [0, 0.05) is 31.6 Å². The van der Waals surface area contributed by atoms with E-state index in [1.165, 1.54) is 0 Å². The predicted molar refractivity (Wildman–Crippen MR) is 102 cm³/mol. The summed E-state index contributed by atoms with van der Waals surface area (Å²) < 4.78 is 5.42. The van der Waals surface area contributed by atoms with Crippen LogP contribution in [-0.2, 0) is 11.3 Å². The van der Waals surface area contributed by atoms with Crippen molar-refractivity contribution in [2.24, 2.45) is 0 Å². The molecule has 1 atom stereocenters. The summed E-state index contributed by atoms with van der Waals surface area (Å²) >= 11 is 0. The van der Waals surface area contributed by atoms with Gasteiger partial charge in [-0.1, -0.05) is 30.3 Å². The molecule has 0 heterocycles. The Balaban J connectivity index is 1.83. The highest BCUT2D eigenvalue weighted by Crippen LogP contribution is 2.14. The fourth-order valence-corrected chi connectivity index (χ4v) is 2.59. The second kappa shape index (κ2) is 9.61. The maximum atomic E-state index is 12.4. The summed E-state index contributed by atoms with van der Waals surface area (Å²) in [6, 6.07) is 16.5. The van der Waals surface area contributed by atoms with Crippen LogP contribution in [0.25, 0.3) is 0 Å². The van der Waals surface area contributed by atoms with Gasteiger partial charge in [0.05, 0.1) is 6.61 Å². The average molecular weight is 354 g/mol. The van der Waals surface area contributed by atoms with Crippen LogP contribution in [0.15, 0.2) is 54.6 Å². The van der Waals surface area contributed by atoms with Crippen molar-refractivity contribution in [3.63, 3.8) is 0 Å². The van der Waals surface area contributed by atoms with E-state index in [0.717, 1.165) is 11.3 Å². The molecule has 2 aromatic carbocycles. The Hall–Kier alpha value is -2.82. The molecule has 0 aliphatic carbocycles. The number of hydrogen-bond acceptors (Lipinski definition) is 3. The third-order valence-corrected chi connectivity index (χ3v) is 3.97. The van der Waals surface area contributed by atoms with E-state index in [2.05, 4.69) is 5.32 Å². The number of nitrogens with one attached hydrogen (secondary N) is 1. The first-order valence-corrected chi connectivity index (χ1v) is 8.81. The molecule has 2 amide bonds. The Kier molecular flexibility index (Phi) is 7.21. The van der Waals surface area contributed by atoms with Gasteiger partial charge in [-0.25, -0.2) is 0 Å². The number of benzene rings is 2. The van der Waals surface area contributed by atoms with Gasteiger partial charge >= 0.3 is 0 Å². The minimum Gasteiger partial charge on any atom is -0.494 e. The van der Waals surface area contributed by atoms with Gasteiger partial charge in [0.25, 0.3) is 5.91 Å². The lowest BCUT2D eigenvalue weighted by molar-refractivity contribution is -0.130. The quantitative estimate of drug-likeness (QED) is 0.792. The van der Waals surface area contributed by atoms with Crippen molar-refractivity contribution in [3.8, 4) is 5.75 Å². The molecule has 0 aromatic heterocycles. The molecule has 0 bridgehead atoms. The minimum absolute atomic E-state index is 0.0141. The Morgan fingerprint density at radius 1 is 1.08 bits per heavy atom. The number of nitrogens with zero attached hydrogens (tertiary/aromatic N) is 1. The molecule has 0 fully saturated rings. The van der Waals surface area contributed by atoms with E-state index in [9.17, 15) is 9.59 Å². The molecule has 0 aliphatic heterocycles. The lowest BCUT2D eigenvalue weighted by atomic mass is 10.1. The van der Waals surface area contributed by atoms with Gasteiger partial charge in [-0.05, 0) is 43.7 Å². The highest BCUT2D eigenvalue weighted by molar-refractivity contribution is 5.94. The van der Waals surface area contributed by atoms with Gasteiger partial charge in [0.15, 0.2) is 0 Å². The number of carbonyl (C=O) groups is 2. The molecule has 0 aliphatic rings. The molecular weight excluding hydrogens is 328 g/mol. The number of ether oxygens (including phenoxy) is 1. The summed E-state index contributed by atoms with van der Waals surface area (Å²) in [6.45, 7) is 4.93. The van der Waals surface area contributed by atoms with Gasteiger partial charge < -0.3 is 15.0 Å². The van der Waals surface area contributed by atoms with Crippen LogP contribution in [0.4, 0.5) is 0 Å². The highest BCUT2D eigenvalue weighted by Gasteiger charge is 2.16. The van der Waals surface area contributed by atoms with Gasteiger partial charge in [-0.15, -0.1) is 0 Å². The van der Waals surface area contributed by atoms with Crippen molar-refractivity contribution < 1.29 is 14.3 Å². The smallest absolute Gasteiger partial charge is 0.251 e. The Labute approximate surface area is 155 Å². The van der Waals surface area contributed by atoms with Crippen LogP contribution < -0.4 is 10.1 Å². The molecule has 1 unspecified atom stereocenters. The SMILES string of the molecule is CCOc1ccc(CN(C)C(=O)CC(C)NC(=O)c2ccccc2)cc1. The topological polar surface area (TPSA) is 58.6 Å². The first-order chi connectivity index (χ1) is 12.5. The number of amides is 2. The summed E-state index contributed by atoms with van der Waals surface area (Å²) in [5.74, 6) is 0.641. The number of hydrogen-bond donors (Lipinski definition) is 1. The van der Waals surface area contributed by atoms with Gasteiger partial charge in [-0.3, -0.25) is 9.59 Å². The largest absolute Gasteiger partial charge is 0.494 e. The monoisotopic (exact) mass is 354 g/mol. The molecule has 5 nitrogen and oxygen atoms in total. The number of rotatable bonds is 8. The number of carbonyl (C=O) groups excluding carboxylic acids is 2. The van der Waals surface area contributed by atoms with E-state index in [0.29, 0.717) is 18.7 Å². The third kappa shape index (κ3) is 5.92. The van der Waals surface area contributed by atoms with Crippen molar-refractivity contribution >= 4 is 11.8 Å². The Morgan fingerprint density at radius 2 is 1.73 bits per heavy atom. The van der Waals surface area contributed by atoms with Gasteiger partial charge in [0.1, 0.15) is 5.75 Å².